The van der Waals surface area contributed by atoms with Gasteiger partial charge in [-0.2, -0.15) is 0 Å². The first kappa shape index (κ1) is 26.2. The highest BCUT2D eigenvalue weighted by atomic mass is 16.5. The molecule has 0 atom stereocenters. The molecule has 0 radical (unpaired) electrons. The largest absolute Gasteiger partial charge is 0.497 e. The van der Waals surface area contributed by atoms with Crippen molar-refractivity contribution in [3.63, 3.8) is 0 Å². The quantitative estimate of drug-likeness (QED) is 0.260. The van der Waals surface area contributed by atoms with Crippen LogP contribution in [0.4, 0.5) is 5.69 Å². The molecule has 1 heterocycles. The number of carbonyl (C=O) groups is 4. The van der Waals surface area contributed by atoms with Crippen LogP contribution in [-0.2, 0) is 6.42 Å². The SMILES string of the molecule is COc1ccc(C(=O)O)c(C(=O)Nc2cccc(-c3nnc(C(N)=O)c4c3-c3ccc(C(C)=O)cc3C4)c2C)c1. The minimum absolute atomic E-state index is 0.0562. The summed E-state index contributed by atoms with van der Waals surface area (Å²) < 4.78 is 5.17. The normalized spacial score (nSPS) is 11.4. The molecule has 0 aliphatic heterocycles. The minimum Gasteiger partial charge on any atom is -0.497 e. The van der Waals surface area contributed by atoms with Gasteiger partial charge in [-0.05, 0) is 66.4 Å². The lowest BCUT2D eigenvalue weighted by molar-refractivity contribution is 0.0692. The van der Waals surface area contributed by atoms with Crippen LogP contribution in [0.2, 0.25) is 0 Å². The van der Waals surface area contributed by atoms with Gasteiger partial charge in [-0.1, -0.05) is 24.3 Å². The molecule has 0 unspecified atom stereocenters. The second-order valence-electron chi connectivity index (χ2n) is 9.37. The lowest BCUT2D eigenvalue weighted by Crippen LogP contribution is -2.18. The van der Waals surface area contributed by atoms with E-state index in [0.717, 1.165) is 11.1 Å². The van der Waals surface area contributed by atoms with E-state index in [0.29, 0.717) is 51.4 Å². The van der Waals surface area contributed by atoms with Crippen LogP contribution in [0.15, 0.2) is 54.6 Å². The minimum atomic E-state index is -1.25. The maximum atomic E-state index is 13.2. The van der Waals surface area contributed by atoms with Gasteiger partial charge in [-0.3, -0.25) is 14.4 Å². The molecule has 5 rings (SSSR count). The molecule has 0 saturated heterocycles. The first-order valence-corrected chi connectivity index (χ1v) is 12.3. The molecule has 4 aromatic rings. The van der Waals surface area contributed by atoms with Crippen LogP contribution in [0.1, 0.15) is 65.2 Å². The van der Waals surface area contributed by atoms with E-state index in [9.17, 15) is 24.3 Å². The summed E-state index contributed by atoms with van der Waals surface area (Å²) in [5.74, 6) is -2.32. The molecule has 0 saturated carbocycles. The Hall–Kier alpha value is -5.38. The topological polar surface area (TPSA) is 162 Å². The number of ketones is 1. The fourth-order valence-electron chi connectivity index (χ4n) is 4.96. The molecule has 10 nitrogen and oxygen atoms in total. The molecule has 0 fully saturated rings. The number of fused-ring (bicyclic) bond motifs is 3. The average Bonchev–Trinajstić information content (AvgIpc) is 3.32. The number of aromatic nitrogens is 2. The number of aromatic carboxylic acids is 1. The molecule has 3 aromatic carbocycles. The van der Waals surface area contributed by atoms with E-state index in [1.54, 1.807) is 31.2 Å². The number of carboxylic acids is 1. The van der Waals surface area contributed by atoms with Gasteiger partial charge < -0.3 is 20.9 Å². The van der Waals surface area contributed by atoms with Crippen LogP contribution in [0.25, 0.3) is 22.4 Å². The van der Waals surface area contributed by atoms with E-state index < -0.39 is 17.8 Å². The lowest BCUT2D eigenvalue weighted by atomic mass is 9.94. The fraction of sp³-hybridized carbons (Fsp3) is 0.133. The highest BCUT2D eigenvalue weighted by molar-refractivity contribution is 6.11. The molecule has 200 valence electrons. The smallest absolute Gasteiger partial charge is 0.336 e. The maximum absolute atomic E-state index is 13.2. The number of ether oxygens (including phenoxy) is 1. The number of carboxylic acid groups (broad SMARTS) is 1. The molecule has 0 spiro atoms. The number of nitrogens with zero attached hydrogens (tertiary/aromatic N) is 2. The molecule has 40 heavy (non-hydrogen) atoms. The zero-order valence-electron chi connectivity index (χ0n) is 21.9. The van der Waals surface area contributed by atoms with Crippen molar-refractivity contribution in [2.24, 2.45) is 5.73 Å². The third-order valence-corrected chi connectivity index (χ3v) is 7.00. The van der Waals surface area contributed by atoms with Crippen LogP contribution in [0, 0.1) is 6.92 Å². The number of benzene rings is 3. The van der Waals surface area contributed by atoms with E-state index in [1.165, 1.54) is 32.2 Å². The second kappa shape index (κ2) is 10.1. The summed E-state index contributed by atoms with van der Waals surface area (Å²) in [6.45, 7) is 3.28. The van der Waals surface area contributed by atoms with E-state index in [2.05, 4.69) is 15.5 Å². The first-order chi connectivity index (χ1) is 19.1. The summed E-state index contributed by atoms with van der Waals surface area (Å²) in [5, 5.41) is 20.9. The van der Waals surface area contributed by atoms with Crippen molar-refractivity contribution < 1.29 is 29.0 Å². The van der Waals surface area contributed by atoms with Gasteiger partial charge >= 0.3 is 5.97 Å². The third-order valence-electron chi connectivity index (χ3n) is 7.00. The number of hydrogen-bond donors (Lipinski definition) is 3. The molecule has 2 amide bonds. The maximum Gasteiger partial charge on any atom is 0.336 e. The Kier molecular flexibility index (Phi) is 6.60. The van der Waals surface area contributed by atoms with Crippen molar-refractivity contribution in [2.75, 3.05) is 12.4 Å². The first-order valence-electron chi connectivity index (χ1n) is 12.3. The van der Waals surface area contributed by atoms with E-state index >= 15 is 0 Å². The molecule has 1 aliphatic rings. The van der Waals surface area contributed by atoms with E-state index in [4.69, 9.17) is 10.5 Å². The zero-order chi connectivity index (χ0) is 28.7. The van der Waals surface area contributed by atoms with Crippen molar-refractivity contribution in [1.29, 1.82) is 0 Å². The van der Waals surface area contributed by atoms with Gasteiger partial charge in [0.15, 0.2) is 11.5 Å². The van der Waals surface area contributed by atoms with Gasteiger partial charge in [0.2, 0.25) is 0 Å². The van der Waals surface area contributed by atoms with Gasteiger partial charge in [0.1, 0.15) is 11.4 Å². The zero-order valence-corrected chi connectivity index (χ0v) is 21.9. The summed E-state index contributed by atoms with van der Waals surface area (Å²) in [4.78, 5) is 49.1. The number of nitrogens with two attached hydrogens (primary N) is 1. The monoisotopic (exact) mass is 536 g/mol. The van der Waals surface area contributed by atoms with E-state index in [-0.39, 0.29) is 22.6 Å². The molecular weight excluding hydrogens is 512 g/mol. The van der Waals surface area contributed by atoms with Gasteiger partial charge in [-0.15, -0.1) is 10.2 Å². The highest BCUT2D eigenvalue weighted by Crippen LogP contribution is 2.44. The molecular formula is C30H24N4O6. The predicted molar refractivity (Wildman–Crippen MR) is 147 cm³/mol. The molecule has 10 heteroatoms. The number of Topliss-reactive ketones (excluding diaryl/α,β-unsaturated/α-hetero) is 1. The van der Waals surface area contributed by atoms with Gasteiger partial charge in [0, 0.05) is 28.8 Å². The Morgan fingerprint density at radius 3 is 2.42 bits per heavy atom. The number of amides is 2. The van der Waals surface area contributed by atoms with Crippen LogP contribution >= 0.6 is 0 Å². The van der Waals surface area contributed by atoms with Crippen LogP contribution in [0.3, 0.4) is 0 Å². The van der Waals surface area contributed by atoms with Gasteiger partial charge in [0.05, 0.1) is 18.2 Å². The third kappa shape index (κ3) is 4.45. The number of hydrogen-bond acceptors (Lipinski definition) is 7. The summed E-state index contributed by atoms with van der Waals surface area (Å²) >= 11 is 0. The summed E-state index contributed by atoms with van der Waals surface area (Å²) in [5.41, 5.74) is 11.2. The predicted octanol–water partition coefficient (Wildman–Crippen LogP) is 4.28. The van der Waals surface area contributed by atoms with Crippen molar-refractivity contribution >= 4 is 29.3 Å². The number of anilines is 1. The summed E-state index contributed by atoms with van der Waals surface area (Å²) in [6, 6.07) is 14.7. The lowest BCUT2D eigenvalue weighted by Gasteiger charge is -2.16. The van der Waals surface area contributed by atoms with Crippen molar-refractivity contribution in [3.05, 3.63) is 93.7 Å². The number of primary amides is 1. The van der Waals surface area contributed by atoms with Crippen LogP contribution in [0.5, 0.6) is 5.75 Å². The summed E-state index contributed by atoms with van der Waals surface area (Å²) in [6.07, 6.45) is 0.357. The van der Waals surface area contributed by atoms with E-state index in [1.807, 2.05) is 12.1 Å². The fourth-order valence-corrected chi connectivity index (χ4v) is 4.96. The molecule has 1 aliphatic carbocycles. The molecule has 4 N–H and O–H groups in total. The highest BCUT2D eigenvalue weighted by Gasteiger charge is 2.30. The molecule has 0 bridgehead atoms. The number of methoxy groups -OCH3 is 1. The van der Waals surface area contributed by atoms with Crippen molar-refractivity contribution in [1.82, 2.24) is 10.2 Å². The Bertz CT molecular complexity index is 1760. The van der Waals surface area contributed by atoms with Crippen molar-refractivity contribution in [3.8, 4) is 28.1 Å². The second-order valence-corrected chi connectivity index (χ2v) is 9.37. The number of rotatable bonds is 7. The average molecular weight is 537 g/mol. The number of nitrogens with one attached hydrogen (secondary N) is 1. The van der Waals surface area contributed by atoms with Crippen molar-refractivity contribution in [2.45, 2.75) is 20.3 Å². The van der Waals surface area contributed by atoms with Gasteiger partial charge in [0.25, 0.3) is 11.8 Å². The van der Waals surface area contributed by atoms with Gasteiger partial charge in [-0.25, -0.2) is 4.79 Å². The summed E-state index contributed by atoms with van der Waals surface area (Å²) in [7, 11) is 1.42. The Morgan fingerprint density at radius 2 is 1.75 bits per heavy atom. The Labute approximate surface area is 228 Å². The standard InChI is InChI=1S/C30H24N4O6/c1-14-19(5-4-6-24(14)32-29(37)22-13-18(40-3)8-10-21(22)30(38)39)26-25-20-9-7-16(15(2)35)11-17(20)12-23(25)27(28(31)36)34-33-26/h4-11,13H,12H2,1-3H3,(H2,31,36)(H,32,37)(H,38,39). The number of carbonyl (C=O) groups excluding carboxylic acids is 3. The van der Waals surface area contributed by atoms with Crippen LogP contribution < -0.4 is 15.8 Å². The molecule has 1 aromatic heterocycles. The Balaban J connectivity index is 1.61. The van der Waals surface area contributed by atoms with Crippen LogP contribution in [-0.4, -0.2) is 46.0 Å². The Morgan fingerprint density at radius 1 is 0.975 bits per heavy atom.